The molecule has 0 saturated carbocycles. The summed E-state index contributed by atoms with van der Waals surface area (Å²) in [5.74, 6) is -0.615. The maximum atomic E-state index is 12.6. The number of cyclic esters (lactones) is 1. The summed E-state index contributed by atoms with van der Waals surface area (Å²) in [5, 5.41) is 0. The first-order valence-electron chi connectivity index (χ1n) is 4.87. The van der Waals surface area contributed by atoms with Crippen LogP contribution in [0, 0.1) is 5.82 Å². The fourth-order valence-electron chi connectivity index (χ4n) is 1.47. The van der Waals surface area contributed by atoms with Crippen LogP contribution in [0.4, 0.5) is 9.18 Å². The van der Waals surface area contributed by atoms with Crippen molar-refractivity contribution in [2.24, 2.45) is 0 Å². The van der Waals surface area contributed by atoms with E-state index in [1.165, 1.54) is 29.2 Å². The molecular weight excluding hydrogens is 213 g/mol. The molecule has 1 aromatic carbocycles. The SMILES string of the molecule is O=C(CN1CCOC1=O)c1ccc(F)cc1. The lowest BCUT2D eigenvalue weighted by Crippen LogP contribution is -2.30. The van der Waals surface area contributed by atoms with Crippen LogP contribution in [0.2, 0.25) is 0 Å². The number of hydrogen-bond donors (Lipinski definition) is 0. The second-order valence-corrected chi connectivity index (χ2v) is 3.47. The second kappa shape index (κ2) is 4.30. The van der Waals surface area contributed by atoms with Crippen molar-refractivity contribution in [2.75, 3.05) is 19.7 Å². The fraction of sp³-hybridized carbons (Fsp3) is 0.273. The van der Waals surface area contributed by atoms with Gasteiger partial charge in [0.1, 0.15) is 12.4 Å². The first-order chi connectivity index (χ1) is 7.66. The Hall–Kier alpha value is -1.91. The van der Waals surface area contributed by atoms with Gasteiger partial charge in [-0.2, -0.15) is 0 Å². The number of rotatable bonds is 3. The van der Waals surface area contributed by atoms with Crippen LogP contribution < -0.4 is 0 Å². The smallest absolute Gasteiger partial charge is 0.410 e. The van der Waals surface area contributed by atoms with E-state index in [-0.39, 0.29) is 12.3 Å². The predicted octanol–water partition coefficient (Wildman–Crippen LogP) is 1.46. The first kappa shape index (κ1) is 10.6. The number of ether oxygens (including phenoxy) is 1. The molecule has 0 N–H and O–H groups in total. The highest BCUT2D eigenvalue weighted by molar-refractivity contribution is 5.98. The highest BCUT2D eigenvalue weighted by atomic mass is 19.1. The third-order valence-corrected chi connectivity index (χ3v) is 2.35. The fourth-order valence-corrected chi connectivity index (χ4v) is 1.47. The van der Waals surface area contributed by atoms with Crippen LogP contribution in [0.15, 0.2) is 24.3 Å². The number of benzene rings is 1. The van der Waals surface area contributed by atoms with Crippen LogP contribution in [-0.4, -0.2) is 36.5 Å². The summed E-state index contributed by atoms with van der Waals surface area (Å²) < 4.78 is 17.3. The number of hydrogen-bond acceptors (Lipinski definition) is 3. The van der Waals surface area contributed by atoms with Gasteiger partial charge in [-0.25, -0.2) is 9.18 Å². The van der Waals surface area contributed by atoms with Gasteiger partial charge in [-0.15, -0.1) is 0 Å². The molecule has 1 aliphatic rings. The number of halogens is 1. The van der Waals surface area contributed by atoms with Crippen LogP contribution in [0.1, 0.15) is 10.4 Å². The zero-order valence-corrected chi connectivity index (χ0v) is 8.48. The normalized spacial score (nSPS) is 15.1. The molecule has 84 valence electrons. The Kier molecular flexibility index (Phi) is 2.85. The van der Waals surface area contributed by atoms with E-state index in [0.29, 0.717) is 18.7 Å². The number of ketones is 1. The van der Waals surface area contributed by atoms with Crippen molar-refractivity contribution in [1.29, 1.82) is 0 Å². The van der Waals surface area contributed by atoms with Crippen molar-refractivity contribution in [3.05, 3.63) is 35.6 Å². The zero-order chi connectivity index (χ0) is 11.5. The van der Waals surface area contributed by atoms with E-state index in [4.69, 9.17) is 4.74 Å². The minimum absolute atomic E-state index is 0.0233. The standard InChI is InChI=1S/C11H10FNO3/c12-9-3-1-8(2-4-9)10(14)7-13-5-6-16-11(13)15/h1-4H,5-7H2. The number of Topliss-reactive ketones (excluding diaryl/α,β-unsaturated/α-hetero) is 1. The number of amides is 1. The van der Waals surface area contributed by atoms with E-state index in [0.717, 1.165) is 0 Å². The first-order valence-corrected chi connectivity index (χ1v) is 4.87. The highest BCUT2D eigenvalue weighted by Crippen LogP contribution is 2.08. The molecule has 0 unspecified atom stereocenters. The molecule has 0 bridgehead atoms. The molecule has 0 aromatic heterocycles. The summed E-state index contributed by atoms with van der Waals surface area (Å²) in [4.78, 5) is 24.1. The highest BCUT2D eigenvalue weighted by Gasteiger charge is 2.24. The Morgan fingerprint density at radius 1 is 1.38 bits per heavy atom. The third-order valence-electron chi connectivity index (χ3n) is 2.35. The van der Waals surface area contributed by atoms with Crippen LogP contribution in [-0.2, 0) is 4.74 Å². The third kappa shape index (κ3) is 2.18. The van der Waals surface area contributed by atoms with Gasteiger partial charge in [0, 0.05) is 5.56 Å². The largest absolute Gasteiger partial charge is 0.448 e. The summed E-state index contributed by atoms with van der Waals surface area (Å²) in [6.45, 7) is 0.714. The lowest BCUT2D eigenvalue weighted by atomic mass is 10.1. The van der Waals surface area contributed by atoms with Gasteiger partial charge in [0.2, 0.25) is 0 Å². The lowest BCUT2D eigenvalue weighted by molar-refractivity contribution is 0.0943. The predicted molar refractivity (Wildman–Crippen MR) is 53.7 cm³/mol. The average Bonchev–Trinajstić information content (AvgIpc) is 2.65. The molecule has 0 spiro atoms. The van der Waals surface area contributed by atoms with Crippen molar-refractivity contribution in [3.8, 4) is 0 Å². The van der Waals surface area contributed by atoms with E-state index < -0.39 is 11.9 Å². The van der Waals surface area contributed by atoms with E-state index in [1.54, 1.807) is 0 Å². The van der Waals surface area contributed by atoms with Crippen LogP contribution >= 0.6 is 0 Å². The lowest BCUT2D eigenvalue weighted by Gasteiger charge is -2.10. The molecule has 1 aromatic rings. The van der Waals surface area contributed by atoms with Crippen molar-refractivity contribution in [2.45, 2.75) is 0 Å². The zero-order valence-electron chi connectivity index (χ0n) is 8.48. The summed E-state index contributed by atoms with van der Waals surface area (Å²) in [7, 11) is 0. The minimum Gasteiger partial charge on any atom is -0.448 e. The van der Waals surface area contributed by atoms with Gasteiger partial charge in [-0.05, 0) is 24.3 Å². The molecular formula is C11H10FNO3. The molecule has 1 heterocycles. The second-order valence-electron chi connectivity index (χ2n) is 3.47. The van der Waals surface area contributed by atoms with Gasteiger partial charge in [-0.3, -0.25) is 9.69 Å². The summed E-state index contributed by atoms with van der Waals surface area (Å²) >= 11 is 0. The topological polar surface area (TPSA) is 46.6 Å². The van der Waals surface area contributed by atoms with Crippen molar-refractivity contribution < 1.29 is 18.7 Å². The molecule has 1 saturated heterocycles. The number of carbonyl (C=O) groups excluding carboxylic acids is 2. The van der Waals surface area contributed by atoms with Gasteiger partial charge in [0.05, 0.1) is 13.1 Å². The summed E-state index contributed by atoms with van der Waals surface area (Å²) in [6, 6.07) is 5.24. The molecule has 5 heteroatoms. The quantitative estimate of drug-likeness (QED) is 0.729. The Morgan fingerprint density at radius 3 is 2.62 bits per heavy atom. The Morgan fingerprint density at radius 2 is 2.06 bits per heavy atom. The van der Waals surface area contributed by atoms with Crippen LogP contribution in [0.5, 0.6) is 0 Å². The van der Waals surface area contributed by atoms with Crippen molar-refractivity contribution >= 4 is 11.9 Å². The van der Waals surface area contributed by atoms with E-state index >= 15 is 0 Å². The molecule has 1 fully saturated rings. The summed E-state index contributed by atoms with van der Waals surface area (Å²) in [6.07, 6.45) is -0.476. The summed E-state index contributed by atoms with van der Waals surface area (Å²) in [5.41, 5.74) is 0.390. The van der Waals surface area contributed by atoms with E-state index in [2.05, 4.69) is 0 Å². The molecule has 0 atom stereocenters. The minimum atomic E-state index is -0.476. The van der Waals surface area contributed by atoms with Crippen LogP contribution in [0.3, 0.4) is 0 Å². The maximum absolute atomic E-state index is 12.6. The maximum Gasteiger partial charge on any atom is 0.410 e. The van der Waals surface area contributed by atoms with E-state index in [1.807, 2.05) is 0 Å². The number of carbonyl (C=O) groups is 2. The number of nitrogens with zero attached hydrogens (tertiary/aromatic N) is 1. The van der Waals surface area contributed by atoms with Gasteiger partial charge in [0.25, 0.3) is 0 Å². The Bertz CT molecular complexity index is 416. The van der Waals surface area contributed by atoms with Gasteiger partial charge < -0.3 is 4.74 Å². The van der Waals surface area contributed by atoms with Crippen molar-refractivity contribution in [1.82, 2.24) is 4.90 Å². The van der Waals surface area contributed by atoms with Crippen LogP contribution in [0.25, 0.3) is 0 Å². The molecule has 1 aliphatic heterocycles. The Balaban J connectivity index is 2.02. The van der Waals surface area contributed by atoms with E-state index in [9.17, 15) is 14.0 Å². The molecule has 16 heavy (non-hydrogen) atoms. The Labute approximate surface area is 91.6 Å². The molecule has 4 nitrogen and oxygen atoms in total. The molecule has 2 rings (SSSR count). The monoisotopic (exact) mass is 223 g/mol. The van der Waals surface area contributed by atoms with Gasteiger partial charge in [-0.1, -0.05) is 0 Å². The average molecular weight is 223 g/mol. The van der Waals surface area contributed by atoms with Crippen molar-refractivity contribution in [3.63, 3.8) is 0 Å². The molecule has 0 radical (unpaired) electrons. The molecule has 1 amide bonds. The van der Waals surface area contributed by atoms with Gasteiger partial charge >= 0.3 is 6.09 Å². The van der Waals surface area contributed by atoms with Gasteiger partial charge in [0.15, 0.2) is 5.78 Å². The molecule has 0 aliphatic carbocycles.